The molecule has 3 aromatic rings. The predicted octanol–water partition coefficient (Wildman–Crippen LogP) is 3.85. The number of hydrogen-bond acceptors (Lipinski definition) is 6. The molecule has 0 aliphatic rings. The number of anilines is 1. The largest absolute Gasteiger partial charge is 0.462 e. The lowest BCUT2D eigenvalue weighted by molar-refractivity contribution is -0.113. The number of thioether (sulfide) groups is 1. The van der Waals surface area contributed by atoms with E-state index in [4.69, 9.17) is 4.74 Å². The van der Waals surface area contributed by atoms with Crippen molar-refractivity contribution in [3.63, 3.8) is 0 Å². The van der Waals surface area contributed by atoms with Gasteiger partial charge < -0.3 is 10.1 Å². The molecule has 27 heavy (non-hydrogen) atoms. The smallest absolute Gasteiger partial charge is 0.338 e. The maximum atomic E-state index is 12.3. The molecule has 1 amide bonds. The Bertz CT molecular complexity index is 974. The maximum absolute atomic E-state index is 12.3. The Morgan fingerprint density at radius 2 is 1.81 bits per heavy atom. The molecule has 6 nitrogen and oxygen atoms in total. The van der Waals surface area contributed by atoms with E-state index in [-0.39, 0.29) is 17.6 Å². The monoisotopic (exact) mass is 381 g/mol. The van der Waals surface area contributed by atoms with Crippen LogP contribution in [0.5, 0.6) is 0 Å². The summed E-state index contributed by atoms with van der Waals surface area (Å²) < 4.78 is 4.94. The lowest BCUT2D eigenvalue weighted by Gasteiger charge is -2.08. The van der Waals surface area contributed by atoms with Crippen LogP contribution in [0.4, 0.5) is 5.69 Å². The van der Waals surface area contributed by atoms with Crippen LogP contribution in [0.2, 0.25) is 0 Å². The van der Waals surface area contributed by atoms with Gasteiger partial charge in [-0.3, -0.25) is 4.79 Å². The highest BCUT2D eigenvalue weighted by molar-refractivity contribution is 8.00. The predicted molar refractivity (Wildman–Crippen MR) is 106 cm³/mol. The molecule has 2 aromatic carbocycles. The topological polar surface area (TPSA) is 81.2 Å². The Balaban J connectivity index is 1.63. The molecule has 0 saturated heterocycles. The fraction of sp³-hybridized carbons (Fsp3) is 0.200. The molecule has 0 unspecified atom stereocenters. The molecule has 0 bridgehead atoms. The Kier molecular flexibility index (Phi) is 6.03. The molecule has 0 radical (unpaired) electrons. The quantitative estimate of drug-likeness (QED) is 0.397. The van der Waals surface area contributed by atoms with Crippen LogP contribution < -0.4 is 5.32 Å². The summed E-state index contributed by atoms with van der Waals surface area (Å²) in [6, 6.07) is 14.3. The van der Waals surface area contributed by atoms with Crippen molar-refractivity contribution in [2.45, 2.75) is 18.9 Å². The lowest BCUT2D eigenvalue weighted by atomic mass is 10.2. The van der Waals surface area contributed by atoms with Gasteiger partial charge in [0.05, 0.1) is 23.4 Å². The van der Waals surface area contributed by atoms with Crippen molar-refractivity contribution in [2.24, 2.45) is 0 Å². The summed E-state index contributed by atoms with van der Waals surface area (Å²) in [5.41, 5.74) is 1.94. The second-order valence-electron chi connectivity index (χ2n) is 5.73. The van der Waals surface area contributed by atoms with E-state index in [9.17, 15) is 9.59 Å². The number of aromatic nitrogens is 2. The van der Waals surface area contributed by atoms with Crippen LogP contribution in [0, 0.1) is 6.92 Å². The average molecular weight is 381 g/mol. The molecule has 0 aliphatic carbocycles. The molecular weight excluding hydrogens is 362 g/mol. The first-order chi connectivity index (χ1) is 13.1. The Hall–Kier alpha value is -2.93. The van der Waals surface area contributed by atoms with Crippen molar-refractivity contribution in [3.8, 4) is 0 Å². The van der Waals surface area contributed by atoms with Gasteiger partial charge in [-0.15, -0.1) is 0 Å². The Labute approximate surface area is 161 Å². The van der Waals surface area contributed by atoms with Crippen LogP contribution in [0.15, 0.2) is 53.6 Å². The van der Waals surface area contributed by atoms with E-state index in [1.165, 1.54) is 11.8 Å². The highest BCUT2D eigenvalue weighted by Crippen LogP contribution is 2.25. The van der Waals surface area contributed by atoms with Crippen LogP contribution in [-0.4, -0.2) is 34.2 Å². The van der Waals surface area contributed by atoms with Gasteiger partial charge in [0.15, 0.2) is 0 Å². The molecule has 0 atom stereocenters. The van der Waals surface area contributed by atoms with Gasteiger partial charge in [0.1, 0.15) is 10.9 Å². The molecule has 1 N–H and O–H groups in total. The molecular formula is C20H19N3O3S. The normalized spacial score (nSPS) is 10.6. The average Bonchev–Trinajstić information content (AvgIpc) is 2.66. The number of carbonyl (C=O) groups excluding carboxylic acids is 2. The fourth-order valence-corrected chi connectivity index (χ4v) is 3.37. The summed E-state index contributed by atoms with van der Waals surface area (Å²) in [7, 11) is 0. The molecule has 7 heteroatoms. The number of fused-ring (bicyclic) bond motifs is 1. The third kappa shape index (κ3) is 4.83. The number of esters is 1. The van der Waals surface area contributed by atoms with E-state index < -0.39 is 0 Å². The number of amides is 1. The minimum absolute atomic E-state index is 0.149. The summed E-state index contributed by atoms with van der Waals surface area (Å²) in [5, 5.41) is 4.53. The number of benzene rings is 2. The van der Waals surface area contributed by atoms with Gasteiger partial charge in [0.25, 0.3) is 0 Å². The zero-order valence-electron chi connectivity index (χ0n) is 15.1. The summed E-state index contributed by atoms with van der Waals surface area (Å²) in [6.45, 7) is 3.92. The molecule has 0 saturated carbocycles. The van der Waals surface area contributed by atoms with Gasteiger partial charge >= 0.3 is 5.97 Å². The third-order valence-corrected chi connectivity index (χ3v) is 4.69. The van der Waals surface area contributed by atoms with Crippen LogP contribution in [0.25, 0.3) is 10.9 Å². The van der Waals surface area contributed by atoms with Gasteiger partial charge in [-0.2, -0.15) is 0 Å². The number of rotatable bonds is 6. The van der Waals surface area contributed by atoms with Crippen molar-refractivity contribution in [1.82, 2.24) is 9.97 Å². The lowest BCUT2D eigenvalue weighted by Crippen LogP contribution is -2.14. The number of ether oxygens (including phenoxy) is 1. The van der Waals surface area contributed by atoms with Crippen molar-refractivity contribution >= 4 is 40.2 Å². The molecule has 0 spiro atoms. The molecule has 0 aliphatic heterocycles. The van der Waals surface area contributed by atoms with Crippen LogP contribution in [0.3, 0.4) is 0 Å². The van der Waals surface area contributed by atoms with E-state index in [2.05, 4.69) is 15.3 Å². The van der Waals surface area contributed by atoms with E-state index >= 15 is 0 Å². The van der Waals surface area contributed by atoms with Crippen molar-refractivity contribution in [3.05, 3.63) is 59.9 Å². The first-order valence-corrected chi connectivity index (χ1v) is 9.48. The standard InChI is InChI=1S/C20H19N3O3S/c1-3-26-20(25)14-8-10-15(11-9-14)23-18(24)12-27-19-16-6-4-5-7-17(16)21-13(2)22-19/h4-11H,3,12H2,1-2H3,(H,23,24). The molecule has 138 valence electrons. The van der Waals surface area contributed by atoms with Gasteiger partial charge in [0, 0.05) is 11.1 Å². The number of carbonyl (C=O) groups is 2. The zero-order chi connectivity index (χ0) is 19.2. The number of para-hydroxylation sites is 1. The SMILES string of the molecule is CCOC(=O)c1ccc(NC(=O)CSc2nc(C)nc3ccccc23)cc1. The highest BCUT2D eigenvalue weighted by Gasteiger charge is 2.10. The molecule has 0 fully saturated rings. The van der Waals surface area contributed by atoms with Gasteiger partial charge in [-0.05, 0) is 44.2 Å². The first kappa shape index (κ1) is 18.8. The fourth-order valence-electron chi connectivity index (χ4n) is 2.50. The van der Waals surface area contributed by atoms with E-state index in [0.29, 0.717) is 23.7 Å². The van der Waals surface area contributed by atoms with E-state index in [1.807, 2.05) is 31.2 Å². The maximum Gasteiger partial charge on any atom is 0.338 e. The summed E-state index contributed by atoms with van der Waals surface area (Å²) in [6.07, 6.45) is 0. The number of nitrogens with one attached hydrogen (secondary N) is 1. The van der Waals surface area contributed by atoms with Crippen LogP contribution in [0.1, 0.15) is 23.1 Å². The number of hydrogen-bond donors (Lipinski definition) is 1. The summed E-state index contributed by atoms with van der Waals surface area (Å²) in [4.78, 5) is 32.8. The van der Waals surface area contributed by atoms with Crippen LogP contribution >= 0.6 is 11.8 Å². The van der Waals surface area contributed by atoms with Gasteiger partial charge in [-0.1, -0.05) is 30.0 Å². The number of nitrogens with zero attached hydrogens (tertiary/aromatic N) is 2. The van der Waals surface area contributed by atoms with Gasteiger partial charge in [-0.25, -0.2) is 14.8 Å². The third-order valence-electron chi connectivity index (χ3n) is 3.70. The first-order valence-electron chi connectivity index (χ1n) is 8.50. The van der Waals surface area contributed by atoms with Crippen molar-refractivity contribution in [2.75, 3.05) is 17.7 Å². The second-order valence-corrected chi connectivity index (χ2v) is 6.69. The molecule has 1 aromatic heterocycles. The Morgan fingerprint density at radius 1 is 1.07 bits per heavy atom. The van der Waals surface area contributed by atoms with Crippen LogP contribution in [-0.2, 0) is 9.53 Å². The highest BCUT2D eigenvalue weighted by atomic mass is 32.2. The minimum Gasteiger partial charge on any atom is -0.462 e. The Morgan fingerprint density at radius 3 is 2.56 bits per heavy atom. The van der Waals surface area contributed by atoms with E-state index in [0.717, 1.165) is 15.9 Å². The molecule has 3 rings (SSSR count). The van der Waals surface area contributed by atoms with Crippen molar-refractivity contribution in [1.29, 1.82) is 0 Å². The van der Waals surface area contributed by atoms with E-state index in [1.54, 1.807) is 31.2 Å². The second kappa shape index (κ2) is 8.64. The zero-order valence-corrected chi connectivity index (χ0v) is 15.9. The van der Waals surface area contributed by atoms with Gasteiger partial charge in [0.2, 0.25) is 5.91 Å². The minimum atomic E-state index is -0.378. The number of aryl methyl sites for hydroxylation is 1. The summed E-state index contributed by atoms with van der Waals surface area (Å²) >= 11 is 1.37. The van der Waals surface area contributed by atoms with Crippen molar-refractivity contribution < 1.29 is 14.3 Å². The summed E-state index contributed by atoms with van der Waals surface area (Å²) in [5.74, 6) is 0.368. The molecule has 1 heterocycles.